The first kappa shape index (κ1) is 13.4. The van der Waals surface area contributed by atoms with E-state index < -0.39 is 0 Å². The van der Waals surface area contributed by atoms with Crippen LogP contribution in [0.4, 0.5) is 0 Å². The molecule has 0 radical (unpaired) electrons. The highest BCUT2D eigenvalue weighted by Gasteiger charge is 2.46. The Morgan fingerprint density at radius 2 is 2.25 bits per heavy atom. The molecule has 1 heterocycles. The number of amides is 1. The molecule has 1 unspecified atom stereocenters. The van der Waals surface area contributed by atoms with Gasteiger partial charge in [-0.3, -0.25) is 4.79 Å². The molecule has 20 heavy (non-hydrogen) atoms. The molecule has 1 aliphatic carbocycles. The van der Waals surface area contributed by atoms with E-state index in [1.807, 2.05) is 18.2 Å². The molecule has 1 amide bonds. The van der Waals surface area contributed by atoms with Gasteiger partial charge in [0.15, 0.2) is 0 Å². The zero-order chi connectivity index (χ0) is 14.0. The minimum atomic E-state index is 0.00321. The molecule has 4 heteroatoms. The maximum atomic E-state index is 12.1. The van der Waals surface area contributed by atoms with Gasteiger partial charge in [-0.25, -0.2) is 0 Å². The number of carbonyl (C=O) groups excluding carboxylic acids is 1. The highest BCUT2D eigenvalue weighted by Crippen LogP contribution is 2.50. The molecule has 0 spiro atoms. The van der Waals surface area contributed by atoms with E-state index in [0.29, 0.717) is 6.54 Å². The van der Waals surface area contributed by atoms with Gasteiger partial charge in [0, 0.05) is 17.5 Å². The van der Waals surface area contributed by atoms with Crippen LogP contribution < -0.4 is 15.4 Å². The Hall–Kier alpha value is -1.55. The van der Waals surface area contributed by atoms with Crippen LogP contribution >= 0.6 is 0 Å². The summed E-state index contributed by atoms with van der Waals surface area (Å²) in [5.41, 5.74) is 1.31. The Balaban J connectivity index is 1.65. The fourth-order valence-corrected chi connectivity index (χ4v) is 3.06. The van der Waals surface area contributed by atoms with Crippen molar-refractivity contribution in [1.29, 1.82) is 0 Å². The average Bonchev–Trinajstić information content (AvgIpc) is 3.07. The molecule has 2 fully saturated rings. The Morgan fingerprint density at radius 1 is 1.45 bits per heavy atom. The number of methoxy groups -OCH3 is 1. The molecule has 108 valence electrons. The summed E-state index contributed by atoms with van der Waals surface area (Å²) in [7, 11) is 1.70. The summed E-state index contributed by atoms with van der Waals surface area (Å²) in [6.07, 6.45) is 4.28. The van der Waals surface area contributed by atoms with E-state index in [2.05, 4.69) is 16.7 Å². The van der Waals surface area contributed by atoms with Gasteiger partial charge in [0.2, 0.25) is 5.91 Å². The van der Waals surface area contributed by atoms with E-state index in [9.17, 15) is 4.79 Å². The highest BCUT2D eigenvalue weighted by molar-refractivity contribution is 5.82. The maximum Gasteiger partial charge on any atom is 0.237 e. The summed E-state index contributed by atoms with van der Waals surface area (Å²) in [6, 6.07) is 8.14. The molecule has 4 nitrogen and oxygen atoms in total. The van der Waals surface area contributed by atoms with Crippen LogP contribution in [0.1, 0.15) is 31.2 Å². The van der Waals surface area contributed by atoms with Crippen molar-refractivity contribution in [2.75, 3.05) is 20.2 Å². The lowest BCUT2D eigenvalue weighted by molar-refractivity contribution is -0.122. The molecule has 1 saturated carbocycles. The third kappa shape index (κ3) is 2.52. The smallest absolute Gasteiger partial charge is 0.237 e. The SMILES string of the molecule is COc1ccccc1C1(CNC(=O)C2CCCN2)CC1. The fourth-order valence-electron chi connectivity index (χ4n) is 3.06. The number of carbonyl (C=O) groups is 1. The molecular weight excluding hydrogens is 252 g/mol. The summed E-state index contributed by atoms with van der Waals surface area (Å²) in [6.45, 7) is 1.67. The lowest BCUT2D eigenvalue weighted by atomic mass is 9.94. The summed E-state index contributed by atoms with van der Waals surface area (Å²) < 4.78 is 5.45. The molecule has 1 atom stereocenters. The van der Waals surface area contributed by atoms with Gasteiger partial charge in [-0.05, 0) is 38.3 Å². The number of benzene rings is 1. The van der Waals surface area contributed by atoms with E-state index >= 15 is 0 Å². The van der Waals surface area contributed by atoms with Crippen LogP contribution in [0.5, 0.6) is 5.75 Å². The Bertz CT molecular complexity index is 491. The number of para-hydroxylation sites is 1. The summed E-state index contributed by atoms with van der Waals surface area (Å²) in [4.78, 5) is 12.1. The second-order valence-corrected chi connectivity index (χ2v) is 5.85. The van der Waals surface area contributed by atoms with Crippen LogP contribution in [0, 0.1) is 0 Å². The summed E-state index contributed by atoms with van der Waals surface area (Å²) in [5, 5.41) is 6.36. The van der Waals surface area contributed by atoms with Gasteiger partial charge in [-0.1, -0.05) is 18.2 Å². The molecule has 2 aliphatic rings. The number of ether oxygens (including phenoxy) is 1. The van der Waals surface area contributed by atoms with Crippen molar-refractivity contribution in [3.05, 3.63) is 29.8 Å². The number of hydrogen-bond donors (Lipinski definition) is 2. The lowest BCUT2D eigenvalue weighted by Gasteiger charge is -2.20. The number of hydrogen-bond acceptors (Lipinski definition) is 3. The normalized spacial score (nSPS) is 23.4. The fraction of sp³-hybridized carbons (Fsp3) is 0.562. The number of nitrogens with one attached hydrogen (secondary N) is 2. The molecule has 3 rings (SSSR count). The first-order chi connectivity index (χ1) is 9.75. The van der Waals surface area contributed by atoms with Crippen molar-refractivity contribution < 1.29 is 9.53 Å². The average molecular weight is 274 g/mol. The Labute approximate surface area is 119 Å². The van der Waals surface area contributed by atoms with Gasteiger partial charge in [0.25, 0.3) is 0 Å². The quantitative estimate of drug-likeness (QED) is 0.857. The second-order valence-electron chi connectivity index (χ2n) is 5.85. The van der Waals surface area contributed by atoms with E-state index in [4.69, 9.17) is 4.74 Å². The van der Waals surface area contributed by atoms with Crippen molar-refractivity contribution in [1.82, 2.24) is 10.6 Å². The summed E-state index contributed by atoms with van der Waals surface area (Å²) >= 11 is 0. The van der Waals surface area contributed by atoms with Gasteiger partial charge >= 0.3 is 0 Å². The van der Waals surface area contributed by atoms with Gasteiger partial charge in [-0.2, -0.15) is 0 Å². The molecule has 0 bridgehead atoms. The van der Waals surface area contributed by atoms with Crippen LogP contribution in [0.15, 0.2) is 24.3 Å². The van der Waals surface area contributed by atoms with Gasteiger partial charge in [-0.15, -0.1) is 0 Å². The lowest BCUT2D eigenvalue weighted by Crippen LogP contribution is -2.43. The van der Waals surface area contributed by atoms with E-state index in [1.54, 1.807) is 7.11 Å². The monoisotopic (exact) mass is 274 g/mol. The van der Waals surface area contributed by atoms with E-state index in [1.165, 1.54) is 5.56 Å². The van der Waals surface area contributed by atoms with E-state index in [-0.39, 0.29) is 17.4 Å². The van der Waals surface area contributed by atoms with Crippen LogP contribution in [0.3, 0.4) is 0 Å². The molecule has 1 saturated heterocycles. The minimum absolute atomic E-state index is 0.00321. The molecule has 1 aromatic rings. The van der Waals surface area contributed by atoms with Gasteiger partial charge in [0.1, 0.15) is 5.75 Å². The Kier molecular flexibility index (Phi) is 3.66. The van der Waals surface area contributed by atoms with Crippen molar-refractivity contribution in [3.63, 3.8) is 0 Å². The second kappa shape index (κ2) is 5.44. The predicted octanol–water partition coefficient (Wildman–Crippen LogP) is 1.59. The van der Waals surface area contributed by atoms with Crippen LogP contribution in [0.25, 0.3) is 0 Å². The first-order valence-electron chi connectivity index (χ1n) is 7.40. The predicted molar refractivity (Wildman–Crippen MR) is 77.9 cm³/mol. The minimum Gasteiger partial charge on any atom is -0.496 e. The Morgan fingerprint density at radius 3 is 2.90 bits per heavy atom. The topological polar surface area (TPSA) is 50.4 Å². The van der Waals surface area contributed by atoms with Crippen LogP contribution in [-0.2, 0) is 10.2 Å². The van der Waals surface area contributed by atoms with Crippen molar-refractivity contribution in [2.24, 2.45) is 0 Å². The van der Waals surface area contributed by atoms with Crippen molar-refractivity contribution in [3.8, 4) is 5.75 Å². The van der Waals surface area contributed by atoms with Gasteiger partial charge < -0.3 is 15.4 Å². The van der Waals surface area contributed by atoms with E-state index in [0.717, 1.165) is 38.0 Å². The molecule has 1 aromatic carbocycles. The largest absolute Gasteiger partial charge is 0.496 e. The zero-order valence-corrected chi connectivity index (χ0v) is 11.9. The third-order valence-electron chi connectivity index (χ3n) is 4.51. The third-order valence-corrected chi connectivity index (χ3v) is 4.51. The van der Waals surface area contributed by atoms with Crippen LogP contribution in [-0.4, -0.2) is 32.1 Å². The first-order valence-corrected chi connectivity index (χ1v) is 7.40. The highest BCUT2D eigenvalue weighted by atomic mass is 16.5. The van der Waals surface area contributed by atoms with Crippen molar-refractivity contribution >= 4 is 5.91 Å². The standard InChI is InChI=1S/C16H22N2O2/c1-20-14-7-3-2-5-12(14)16(8-9-16)11-18-15(19)13-6-4-10-17-13/h2-3,5,7,13,17H,4,6,8-11H2,1H3,(H,18,19). The number of rotatable bonds is 5. The molecule has 1 aliphatic heterocycles. The van der Waals surface area contributed by atoms with Crippen LogP contribution in [0.2, 0.25) is 0 Å². The van der Waals surface area contributed by atoms with Crippen molar-refractivity contribution in [2.45, 2.75) is 37.1 Å². The molecule has 0 aromatic heterocycles. The summed E-state index contributed by atoms with van der Waals surface area (Å²) in [5.74, 6) is 1.07. The molecule has 2 N–H and O–H groups in total. The molecular formula is C16H22N2O2. The van der Waals surface area contributed by atoms with Gasteiger partial charge in [0.05, 0.1) is 13.2 Å². The zero-order valence-electron chi connectivity index (χ0n) is 11.9. The maximum absolute atomic E-state index is 12.1.